The molecule has 21 heavy (non-hydrogen) atoms. The van der Waals surface area contributed by atoms with Crippen molar-refractivity contribution >= 4 is 10.8 Å². The Morgan fingerprint density at radius 1 is 1.10 bits per heavy atom. The van der Waals surface area contributed by atoms with Gasteiger partial charge < -0.3 is 10.2 Å². The van der Waals surface area contributed by atoms with E-state index in [9.17, 15) is 10.2 Å². The minimum Gasteiger partial charge on any atom is -0.508 e. The van der Waals surface area contributed by atoms with Crippen LogP contribution in [0, 0.1) is 5.41 Å². The first-order valence-corrected chi connectivity index (χ1v) is 7.89. The average Bonchev–Trinajstić information content (AvgIpc) is 2.69. The lowest BCUT2D eigenvalue weighted by Gasteiger charge is -2.45. The molecule has 0 heterocycles. The van der Waals surface area contributed by atoms with Gasteiger partial charge in [0.15, 0.2) is 0 Å². The zero-order chi connectivity index (χ0) is 14.8. The number of phenolic OH excluding ortho intramolecular Hbond substituents is 1. The second-order valence-electron chi connectivity index (χ2n) is 7.32. The smallest absolute Gasteiger partial charge is 0.116 e. The quantitative estimate of drug-likeness (QED) is 0.763. The summed E-state index contributed by atoms with van der Waals surface area (Å²) in [6.07, 6.45) is 4.01. The Balaban J connectivity index is 1.92. The highest BCUT2D eigenvalue weighted by Gasteiger charge is 2.55. The summed E-state index contributed by atoms with van der Waals surface area (Å²) >= 11 is 0. The first-order chi connectivity index (χ1) is 9.92. The van der Waals surface area contributed by atoms with E-state index in [4.69, 9.17) is 0 Å². The summed E-state index contributed by atoms with van der Waals surface area (Å²) in [5, 5.41) is 22.8. The summed E-state index contributed by atoms with van der Waals surface area (Å²) in [5.74, 6) is 0.779. The molecule has 1 fully saturated rings. The van der Waals surface area contributed by atoms with Gasteiger partial charge in [-0.15, -0.1) is 0 Å². The molecule has 2 aromatic carbocycles. The zero-order valence-electron chi connectivity index (χ0n) is 12.7. The summed E-state index contributed by atoms with van der Waals surface area (Å²) in [6, 6.07) is 10.0. The van der Waals surface area contributed by atoms with Crippen LogP contribution in [0.4, 0.5) is 0 Å². The van der Waals surface area contributed by atoms with Crippen molar-refractivity contribution in [2.45, 2.75) is 51.0 Å². The van der Waals surface area contributed by atoms with Crippen LogP contribution in [0.15, 0.2) is 30.3 Å². The van der Waals surface area contributed by atoms with E-state index in [1.165, 1.54) is 16.5 Å². The van der Waals surface area contributed by atoms with Crippen LogP contribution >= 0.6 is 0 Å². The Hall–Kier alpha value is -1.54. The first-order valence-electron chi connectivity index (χ1n) is 7.89. The molecule has 0 spiro atoms. The highest BCUT2D eigenvalue weighted by atomic mass is 16.3. The number of aromatic hydroxyl groups is 1. The van der Waals surface area contributed by atoms with Crippen LogP contribution in [0.2, 0.25) is 0 Å². The minimum atomic E-state index is -0.556. The maximum absolute atomic E-state index is 10.8. The molecule has 2 aromatic rings. The topological polar surface area (TPSA) is 40.5 Å². The monoisotopic (exact) mass is 282 g/mol. The molecule has 0 radical (unpaired) electrons. The van der Waals surface area contributed by atoms with Crippen molar-refractivity contribution in [2.24, 2.45) is 5.41 Å². The molecule has 4 rings (SSSR count). The van der Waals surface area contributed by atoms with E-state index in [0.717, 1.165) is 31.1 Å². The average molecular weight is 282 g/mol. The van der Waals surface area contributed by atoms with Crippen molar-refractivity contribution in [3.05, 3.63) is 41.5 Å². The van der Waals surface area contributed by atoms with Crippen LogP contribution in [0.1, 0.15) is 50.2 Å². The third kappa shape index (κ3) is 1.63. The molecule has 2 aliphatic rings. The molecule has 0 unspecified atom stereocenters. The summed E-state index contributed by atoms with van der Waals surface area (Å²) in [7, 11) is 0. The Morgan fingerprint density at radius 2 is 1.90 bits per heavy atom. The van der Waals surface area contributed by atoms with Gasteiger partial charge in [-0.25, -0.2) is 0 Å². The zero-order valence-corrected chi connectivity index (χ0v) is 12.7. The fourth-order valence-corrected chi connectivity index (χ4v) is 4.74. The standard InChI is InChI=1S/C19H22O2/c1-18-9-7-15-14-6-4-13(20)11-12(14)3-5-16(15)17(18)8-10-19(18,2)21/h3-6,11,17,20-21H,7-10H2,1-2H3/t17-,18-,19-/m1/s1. The van der Waals surface area contributed by atoms with Crippen LogP contribution in [0.5, 0.6) is 5.75 Å². The molecule has 0 amide bonds. The van der Waals surface area contributed by atoms with Gasteiger partial charge in [-0.1, -0.05) is 25.1 Å². The number of fused-ring (bicyclic) bond motifs is 5. The predicted octanol–water partition coefficient (Wildman–Crippen LogP) is 4.13. The lowest BCUT2D eigenvalue weighted by molar-refractivity contribution is -0.0494. The van der Waals surface area contributed by atoms with E-state index in [1.807, 2.05) is 19.1 Å². The van der Waals surface area contributed by atoms with Gasteiger partial charge in [0, 0.05) is 5.41 Å². The number of hydrogen-bond acceptors (Lipinski definition) is 2. The molecular weight excluding hydrogens is 260 g/mol. The third-order valence-electron chi connectivity index (χ3n) is 6.34. The number of phenols is 1. The molecular formula is C19H22O2. The molecule has 2 heteroatoms. The Morgan fingerprint density at radius 3 is 2.71 bits per heavy atom. The molecule has 0 aromatic heterocycles. The van der Waals surface area contributed by atoms with E-state index in [-0.39, 0.29) is 5.41 Å². The second kappa shape index (κ2) is 4.01. The van der Waals surface area contributed by atoms with E-state index >= 15 is 0 Å². The summed E-state index contributed by atoms with van der Waals surface area (Å²) < 4.78 is 0. The van der Waals surface area contributed by atoms with Crippen LogP contribution in [0.25, 0.3) is 10.8 Å². The van der Waals surface area contributed by atoms with Crippen LogP contribution in [-0.4, -0.2) is 15.8 Å². The number of aryl methyl sites for hydroxylation is 1. The first kappa shape index (κ1) is 13.1. The maximum atomic E-state index is 10.8. The largest absolute Gasteiger partial charge is 0.508 e. The lowest BCUT2D eigenvalue weighted by atomic mass is 9.62. The van der Waals surface area contributed by atoms with Crippen molar-refractivity contribution in [3.8, 4) is 5.75 Å². The molecule has 2 nitrogen and oxygen atoms in total. The van der Waals surface area contributed by atoms with Crippen molar-refractivity contribution < 1.29 is 10.2 Å². The van der Waals surface area contributed by atoms with Crippen molar-refractivity contribution in [1.29, 1.82) is 0 Å². The van der Waals surface area contributed by atoms with Crippen molar-refractivity contribution in [2.75, 3.05) is 0 Å². The molecule has 2 N–H and O–H groups in total. The highest BCUT2D eigenvalue weighted by Crippen LogP contribution is 2.60. The lowest BCUT2D eigenvalue weighted by Crippen LogP contribution is -2.44. The van der Waals surface area contributed by atoms with Gasteiger partial charge in [-0.3, -0.25) is 0 Å². The van der Waals surface area contributed by atoms with Crippen molar-refractivity contribution in [1.82, 2.24) is 0 Å². The number of benzene rings is 2. The van der Waals surface area contributed by atoms with Gasteiger partial charge >= 0.3 is 0 Å². The molecule has 3 atom stereocenters. The fourth-order valence-electron chi connectivity index (χ4n) is 4.74. The van der Waals surface area contributed by atoms with Gasteiger partial charge in [0.25, 0.3) is 0 Å². The van der Waals surface area contributed by atoms with Crippen molar-refractivity contribution in [3.63, 3.8) is 0 Å². The summed E-state index contributed by atoms with van der Waals surface area (Å²) in [6.45, 7) is 4.27. The van der Waals surface area contributed by atoms with Gasteiger partial charge in [0.2, 0.25) is 0 Å². The predicted molar refractivity (Wildman–Crippen MR) is 84.6 cm³/mol. The molecule has 0 bridgehead atoms. The third-order valence-corrected chi connectivity index (χ3v) is 6.34. The van der Waals surface area contributed by atoms with Crippen LogP contribution < -0.4 is 0 Å². The van der Waals surface area contributed by atoms with Gasteiger partial charge in [-0.2, -0.15) is 0 Å². The highest BCUT2D eigenvalue weighted by molar-refractivity contribution is 5.88. The van der Waals surface area contributed by atoms with Gasteiger partial charge in [0.05, 0.1) is 5.60 Å². The Labute approximate surface area is 125 Å². The van der Waals surface area contributed by atoms with E-state index < -0.39 is 5.60 Å². The minimum absolute atomic E-state index is 0.00933. The fraction of sp³-hybridized carbons (Fsp3) is 0.474. The normalized spacial score (nSPS) is 34.7. The molecule has 110 valence electrons. The number of hydrogen-bond donors (Lipinski definition) is 2. The summed E-state index contributed by atoms with van der Waals surface area (Å²) in [4.78, 5) is 0. The van der Waals surface area contributed by atoms with Crippen LogP contribution in [0.3, 0.4) is 0 Å². The van der Waals surface area contributed by atoms with E-state index in [2.05, 4.69) is 19.1 Å². The Bertz CT molecular complexity index is 732. The second-order valence-corrected chi connectivity index (χ2v) is 7.32. The molecule has 0 saturated heterocycles. The number of rotatable bonds is 0. The summed E-state index contributed by atoms with van der Waals surface area (Å²) in [5.41, 5.74) is 2.27. The molecule has 2 aliphatic carbocycles. The van der Waals surface area contributed by atoms with E-state index in [0.29, 0.717) is 11.7 Å². The molecule has 1 saturated carbocycles. The van der Waals surface area contributed by atoms with Gasteiger partial charge in [-0.05, 0) is 72.6 Å². The SMILES string of the molecule is C[C@@]1(O)CC[C@@H]2c3ccc4cc(O)ccc4c3CC[C@]21C. The number of aliphatic hydroxyl groups is 1. The van der Waals surface area contributed by atoms with Gasteiger partial charge in [0.1, 0.15) is 5.75 Å². The Kier molecular flexibility index (Phi) is 2.51. The molecule has 0 aliphatic heterocycles. The van der Waals surface area contributed by atoms with E-state index in [1.54, 1.807) is 6.07 Å². The maximum Gasteiger partial charge on any atom is 0.116 e. The van der Waals surface area contributed by atoms with Crippen LogP contribution in [-0.2, 0) is 6.42 Å².